The van der Waals surface area contributed by atoms with Crippen molar-refractivity contribution >= 4 is 23.4 Å². The molecule has 9 nitrogen and oxygen atoms in total. The number of carbonyl (C=O) groups excluding carboxylic acids is 3. The van der Waals surface area contributed by atoms with Gasteiger partial charge in [-0.25, -0.2) is 4.79 Å². The number of esters is 1. The predicted octanol–water partition coefficient (Wildman–Crippen LogP) is 1.22. The van der Waals surface area contributed by atoms with E-state index in [2.05, 4.69) is 4.98 Å². The summed E-state index contributed by atoms with van der Waals surface area (Å²) in [6.07, 6.45) is 4.12. The van der Waals surface area contributed by atoms with E-state index in [9.17, 15) is 24.0 Å². The van der Waals surface area contributed by atoms with Gasteiger partial charge in [-0.05, 0) is 37.3 Å². The van der Waals surface area contributed by atoms with Gasteiger partial charge in [-0.1, -0.05) is 18.2 Å². The molecule has 32 heavy (non-hydrogen) atoms. The Labute approximate surface area is 183 Å². The van der Waals surface area contributed by atoms with Crippen molar-refractivity contribution in [2.24, 2.45) is 0 Å². The van der Waals surface area contributed by atoms with Gasteiger partial charge in [0.2, 0.25) is 0 Å². The lowest BCUT2D eigenvalue weighted by atomic mass is 9.76. The Balaban J connectivity index is 1.65. The Morgan fingerprint density at radius 1 is 1.19 bits per heavy atom. The number of nitrogens with one attached hydrogen (secondary N) is 1. The van der Waals surface area contributed by atoms with Gasteiger partial charge in [0.15, 0.2) is 0 Å². The molecular formula is C23H23N3O6. The molecule has 0 fully saturated rings. The van der Waals surface area contributed by atoms with E-state index in [4.69, 9.17) is 4.74 Å². The maximum Gasteiger partial charge on any atom is 0.328 e. The first-order valence-electron chi connectivity index (χ1n) is 10.5. The summed E-state index contributed by atoms with van der Waals surface area (Å²) in [5.41, 5.74) is 1.73. The van der Waals surface area contributed by atoms with Crippen LogP contribution in [-0.2, 0) is 27.3 Å². The van der Waals surface area contributed by atoms with Gasteiger partial charge in [-0.15, -0.1) is 0 Å². The van der Waals surface area contributed by atoms with E-state index in [0.717, 1.165) is 10.5 Å². The minimum atomic E-state index is -0.592. The highest BCUT2D eigenvalue weighted by molar-refractivity contribution is 6.31. The second-order valence-electron chi connectivity index (χ2n) is 7.86. The summed E-state index contributed by atoms with van der Waals surface area (Å²) in [5, 5.41) is 0. The molecule has 2 aliphatic rings. The summed E-state index contributed by atoms with van der Waals surface area (Å²) in [5.74, 6) is -1.25. The first-order chi connectivity index (χ1) is 15.3. The molecule has 0 saturated carbocycles. The number of hydrogen-bond acceptors (Lipinski definition) is 6. The van der Waals surface area contributed by atoms with Crippen LogP contribution >= 0.6 is 0 Å². The van der Waals surface area contributed by atoms with Crippen molar-refractivity contribution in [3.05, 3.63) is 73.6 Å². The first kappa shape index (κ1) is 21.5. The van der Waals surface area contributed by atoms with Crippen molar-refractivity contribution in [2.45, 2.75) is 38.6 Å². The van der Waals surface area contributed by atoms with Gasteiger partial charge in [-0.2, -0.15) is 0 Å². The smallest absolute Gasteiger partial charge is 0.328 e. The van der Waals surface area contributed by atoms with Crippen LogP contribution in [0, 0.1) is 0 Å². The monoisotopic (exact) mass is 437 g/mol. The molecule has 2 aromatic rings. The molecule has 0 saturated heterocycles. The molecular weight excluding hydrogens is 414 g/mol. The highest BCUT2D eigenvalue weighted by atomic mass is 16.5. The van der Waals surface area contributed by atoms with Crippen LogP contribution in [0.2, 0.25) is 0 Å². The van der Waals surface area contributed by atoms with E-state index in [1.165, 1.54) is 17.8 Å². The largest absolute Gasteiger partial charge is 0.466 e. The van der Waals surface area contributed by atoms with Crippen LogP contribution in [0.5, 0.6) is 0 Å². The third-order valence-electron chi connectivity index (χ3n) is 5.90. The fraction of sp³-hybridized carbons (Fsp3) is 0.348. The minimum Gasteiger partial charge on any atom is -0.466 e. The highest BCUT2D eigenvalue weighted by Gasteiger charge is 2.37. The third-order valence-corrected chi connectivity index (χ3v) is 5.90. The van der Waals surface area contributed by atoms with Crippen LogP contribution in [0.15, 0.2) is 40.1 Å². The standard InChI is InChI=1S/C23H23N3O6/c1-3-32-18(27)9-10-26-12-14(20(28)24-23(26)31)11-13-7-8-17-19-15(13)5-4-6-16(19)21(29)25(2)22(17)30/h4-6,8,12-13H,3,7,9-11H2,1-2H3,(H,24,28,31). The topological polar surface area (TPSA) is 119 Å². The van der Waals surface area contributed by atoms with E-state index < -0.39 is 17.2 Å². The SMILES string of the molecule is CCOC(=O)CCn1cc(CC2CC=C3C(=O)N(C)C(=O)c4cccc2c43)c(=O)[nH]c1=O. The van der Waals surface area contributed by atoms with Gasteiger partial charge >= 0.3 is 11.7 Å². The van der Waals surface area contributed by atoms with E-state index in [1.54, 1.807) is 19.1 Å². The number of H-pyrrole nitrogens is 1. The summed E-state index contributed by atoms with van der Waals surface area (Å²) in [4.78, 5) is 64.9. The quantitative estimate of drug-likeness (QED) is 0.536. The number of aromatic nitrogens is 2. The van der Waals surface area contributed by atoms with Crippen molar-refractivity contribution < 1.29 is 19.1 Å². The molecule has 1 aromatic heterocycles. The number of ether oxygens (including phenoxy) is 1. The Bertz CT molecular complexity index is 1270. The second-order valence-corrected chi connectivity index (χ2v) is 7.86. The number of rotatable bonds is 6. The number of aryl methyl sites for hydroxylation is 1. The number of imide groups is 1. The number of amides is 2. The van der Waals surface area contributed by atoms with Gasteiger partial charge in [0.1, 0.15) is 0 Å². The minimum absolute atomic E-state index is 0.0126. The fourth-order valence-corrected chi connectivity index (χ4v) is 4.30. The molecule has 0 bridgehead atoms. The van der Waals surface area contributed by atoms with Crippen LogP contribution in [0.25, 0.3) is 5.57 Å². The van der Waals surface area contributed by atoms with Gasteiger partial charge in [0.25, 0.3) is 17.4 Å². The maximum atomic E-state index is 12.6. The molecule has 1 aliphatic heterocycles. The van der Waals surface area contributed by atoms with Crippen molar-refractivity contribution in [1.82, 2.24) is 14.5 Å². The molecule has 1 N–H and O–H groups in total. The molecule has 2 heterocycles. The van der Waals surface area contributed by atoms with Crippen molar-refractivity contribution in [3.8, 4) is 0 Å². The number of carbonyl (C=O) groups is 3. The number of benzene rings is 1. The Hall–Kier alpha value is -3.75. The van der Waals surface area contributed by atoms with Crippen LogP contribution in [0.3, 0.4) is 0 Å². The molecule has 4 rings (SSSR count). The van der Waals surface area contributed by atoms with E-state index in [0.29, 0.717) is 35.1 Å². The number of likely N-dealkylation sites (N-methyl/N-ethyl adjacent to an activating group) is 1. The van der Waals surface area contributed by atoms with E-state index in [1.807, 2.05) is 12.1 Å². The van der Waals surface area contributed by atoms with E-state index in [-0.39, 0.29) is 37.3 Å². The van der Waals surface area contributed by atoms with Crippen LogP contribution in [0.1, 0.15) is 52.7 Å². The second kappa shape index (κ2) is 8.41. The van der Waals surface area contributed by atoms with E-state index >= 15 is 0 Å². The number of allylic oxidation sites excluding steroid dienone is 1. The summed E-state index contributed by atoms with van der Waals surface area (Å²) in [6.45, 7) is 2.05. The van der Waals surface area contributed by atoms with Crippen LogP contribution in [0.4, 0.5) is 0 Å². The lowest BCUT2D eigenvalue weighted by Crippen LogP contribution is -2.40. The Morgan fingerprint density at radius 3 is 2.72 bits per heavy atom. The zero-order chi connectivity index (χ0) is 23.0. The fourth-order valence-electron chi connectivity index (χ4n) is 4.30. The summed E-state index contributed by atoms with van der Waals surface area (Å²) in [7, 11) is 1.46. The predicted molar refractivity (Wildman–Crippen MR) is 115 cm³/mol. The highest BCUT2D eigenvalue weighted by Crippen LogP contribution is 2.41. The average Bonchev–Trinajstić information content (AvgIpc) is 2.77. The molecule has 1 unspecified atom stereocenters. The molecule has 166 valence electrons. The van der Waals surface area contributed by atoms with Crippen molar-refractivity contribution in [3.63, 3.8) is 0 Å². The van der Waals surface area contributed by atoms with Gasteiger partial charge in [0, 0.05) is 42.1 Å². The number of nitrogens with zero attached hydrogens (tertiary/aromatic N) is 2. The van der Waals surface area contributed by atoms with Crippen molar-refractivity contribution in [1.29, 1.82) is 0 Å². The number of aromatic amines is 1. The number of hydrogen-bond donors (Lipinski definition) is 1. The molecule has 1 aliphatic carbocycles. The zero-order valence-corrected chi connectivity index (χ0v) is 17.8. The van der Waals surface area contributed by atoms with Gasteiger partial charge in [0.05, 0.1) is 13.0 Å². The summed E-state index contributed by atoms with van der Waals surface area (Å²) >= 11 is 0. The third kappa shape index (κ3) is 3.70. The van der Waals surface area contributed by atoms with Gasteiger partial charge < -0.3 is 4.74 Å². The summed E-state index contributed by atoms with van der Waals surface area (Å²) in [6, 6.07) is 5.34. The lowest BCUT2D eigenvalue weighted by Gasteiger charge is -2.32. The molecule has 2 amide bonds. The van der Waals surface area contributed by atoms with Crippen LogP contribution in [-0.4, -0.2) is 45.9 Å². The van der Waals surface area contributed by atoms with Gasteiger partial charge in [-0.3, -0.25) is 33.6 Å². The normalized spacial score (nSPS) is 17.1. The first-order valence-corrected chi connectivity index (χ1v) is 10.5. The average molecular weight is 437 g/mol. The van der Waals surface area contributed by atoms with Crippen LogP contribution < -0.4 is 11.2 Å². The zero-order valence-electron chi connectivity index (χ0n) is 17.8. The molecule has 1 atom stereocenters. The molecule has 0 radical (unpaired) electrons. The molecule has 9 heteroatoms. The maximum absolute atomic E-state index is 12.6. The van der Waals surface area contributed by atoms with Crippen molar-refractivity contribution in [2.75, 3.05) is 13.7 Å². The molecule has 0 spiro atoms. The Morgan fingerprint density at radius 2 is 1.97 bits per heavy atom. The summed E-state index contributed by atoms with van der Waals surface area (Å²) < 4.78 is 6.18. The molecule has 1 aromatic carbocycles. The Kier molecular flexibility index (Phi) is 5.65. The lowest BCUT2D eigenvalue weighted by molar-refractivity contribution is -0.143.